The smallest absolute Gasteiger partial charge is 0.262 e. The molecule has 1 aromatic carbocycles. The molecule has 4 rings (SSSR count). The summed E-state index contributed by atoms with van der Waals surface area (Å²) in [5.41, 5.74) is 0.410. The molecule has 1 aromatic heterocycles. The summed E-state index contributed by atoms with van der Waals surface area (Å²) in [6.07, 6.45) is 6.61. The molecule has 28 heavy (non-hydrogen) atoms. The van der Waals surface area contributed by atoms with Gasteiger partial charge in [0.2, 0.25) is 0 Å². The monoisotopic (exact) mass is 387 g/mol. The van der Waals surface area contributed by atoms with Crippen LogP contribution in [0, 0.1) is 5.92 Å². The van der Waals surface area contributed by atoms with E-state index in [1.807, 2.05) is 12.1 Å². The van der Waals surface area contributed by atoms with Crippen LogP contribution in [0.3, 0.4) is 0 Å². The molecule has 0 saturated carbocycles. The maximum Gasteiger partial charge on any atom is 0.262 e. The molecule has 152 valence electrons. The molecule has 2 aliphatic rings. The molecule has 7 heteroatoms. The van der Waals surface area contributed by atoms with Crippen molar-refractivity contribution < 1.29 is 14.2 Å². The molecule has 0 bridgehead atoms. The standard InChI is InChI=1S/C21H29N3O4/c1-24-7-2-15(3-8-24)4-11-27-17-12-18-20(21(25)23-14-22-18)19(13-17)28-16-5-9-26-10-6-16/h12-16H,2-11H2,1H3,(H,22,23,25). The Kier molecular flexibility index (Phi) is 6.12. The molecule has 2 aliphatic heterocycles. The molecule has 3 heterocycles. The summed E-state index contributed by atoms with van der Waals surface area (Å²) in [7, 11) is 2.18. The second-order valence-electron chi connectivity index (χ2n) is 7.86. The first-order valence-electron chi connectivity index (χ1n) is 10.3. The van der Waals surface area contributed by atoms with Crippen molar-refractivity contribution in [3.05, 3.63) is 28.8 Å². The number of ether oxygens (including phenoxy) is 3. The molecule has 0 radical (unpaired) electrons. The third kappa shape index (κ3) is 4.64. The number of piperidine rings is 1. The first-order valence-corrected chi connectivity index (χ1v) is 10.3. The van der Waals surface area contributed by atoms with Crippen LogP contribution in [0.5, 0.6) is 11.5 Å². The van der Waals surface area contributed by atoms with Crippen LogP contribution in [-0.4, -0.2) is 60.9 Å². The van der Waals surface area contributed by atoms with E-state index in [1.54, 1.807) is 0 Å². The Morgan fingerprint density at radius 3 is 2.79 bits per heavy atom. The highest BCUT2D eigenvalue weighted by Gasteiger charge is 2.20. The number of likely N-dealkylation sites (tertiary alicyclic amines) is 1. The zero-order chi connectivity index (χ0) is 19.3. The summed E-state index contributed by atoms with van der Waals surface area (Å²) in [4.78, 5) is 21.7. The average Bonchev–Trinajstić information content (AvgIpc) is 2.70. The SMILES string of the molecule is CN1CCC(CCOc2cc(OC3CCOCC3)c3c(=O)[nH]cnc3c2)CC1. The van der Waals surface area contributed by atoms with Gasteiger partial charge in [-0.25, -0.2) is 4.98 Å². The van der Waals surface area contributed by atoms with Crippen molar-refractivity contribution in [3.8, 4) is 11.5 Å². The van der Waals surface area contributed by atoms with Crippen molar-refractivity contribution in [3.63, 3.8) is 0 Å². The van der Waals surface area contributed by atoms with E-state index in [-0.39, 0.29) is 11.7 Å². The number of nitrogens with one attached hydrogen (secondary N) is 1. The van der Waals surface area contributed by atoms with Gasteiger partial charge in [0.05, 0.1) is 31.7 Å². The van der Waals surface area contributed by atoms with Crippen molar-refractivity contribution in [2.75, 3.05) is 40.0 Å². The van der Waals surface area contributed by atoms with Gasteiger partial charge >= 0.3 is 0 Å². The fourth-order valence-electron chi connectivity index (χ4n) is 3.98. The lowest BCUT2D eigenvalue weighted by Crippen LogP contribution is -2.30. The normalized spacial score (nSPS) is 19.8. The van der Waals surface area contributed by atoms with Crippen LogP contribution in [-0.2, 0) is 4.74 Å². The van der Waals surface area contributed by atoms with Gasteiger partial charge in [0, 0.05) is 25.0 Å². The van der Waals surface area contributed by atoms with Gasteiger partial charge in [0.15, 0.2) is 0 Å². The zero-order valence-electron chi connectivity index (χ0n) is 16.5. The molecule has 0 unspecified atom stereocenters. The number of hydrogen-bond acceptors (Lipinski definition) is 6. The highest BCUT2D eigenvalue weighted by Crippen LogP contribution is 2.30. The van der Waals surface area contributed by atoms with Crippen LogP contribution in [0.4, 0.5) is 0 Å². The van der Waals surface area contributed by atoms with E-state index in [4.69, 9.17) is 14.2 Å². The van der Waals surface area contributed by atoms with E-state index in [9.17, 15) is 4.79 Å². The minimum atomic E-state index is -0.190. The third-order valence-electron chi connectivity index (χ3n) is 5.78. The van der Waals surface area contributed by atoms with Crippen LogP contribution in [0.2, 0.25) is 0 Å². The predicted octanol–water partition coefficient (Wildman–Crippen LogP) is 2.59. The molecule has 7 nitrogen and oxygen atoms in total. The fraction of sp³-hybridized carbons (Fsp3) is 0.619. The topological polar surface area (TPSA) is 76.7 Å². The van der Waals surface area contributed by atoms with Crippen LogP contribution in [0.1, 0.15) is 32.1 Å². The summed E-state index contributed by atoms with van der Waals surface area (Å²) >= 11 is 0. The summed E-state index contributed by atoms with van der Waals surface area (Å²) in [5.74, 6) is 1.98. The minimum absolute atomic E-state index is 0.0473. The fourth-order valence-corrected chi connectivity index (χ4v) is 3.98. The Morgan fingerprint density at radius 1 is 1.21 bits per heavy atom. The Balaban J connectivity index is 1.47. The Hall–Kier alpha value is -2.12. The van der Waals surface area contributed by atoms with E-state index >= 15 is 0 Å². The first-order chi connectivity index (χ1) is 13.7. The van der Waals surface area contributed by atoms with Crippen molar-refractivity contribution in [2.24, 2.45) is 5.92 Å². The van der Waals surface area contributed by atoms with Crippen LogP contribution >= 0.6 is 0 Å². The van der Waals surface area contributed by atoms with Crippen LogP contribution in [0.25, 0.3) is 10.9 Å². The summed E-state index contributed by atoms with van der Waals surface area (Å²) < 4.78 is 17.6. The molecule has 2 saturated heterocycles. The molecule has 0 amide bonds. The van der Waals surface area contributed by atoms with Gasteiger partial charge < -0.3 is 24.1 Å². The maximum atomic E-state index is 12.4. The van der Waals surface area contributed by atoms with E-state index in [0.29, 0.717) is 42.2 Å². The number of aromatic nitrogens is 2. The van der Waals surface area contributed by atoms with Gasteiger partial charge in [-0.05, 0) is 45.3 Å². The third-order valence-corrected chi connectivity index (χ3v) is 5.78. The highest BCUT2D eigenvalue weighted by molar-refractivity contribution is 5.85. The number of H-pyrrole nitrogens is 1. The lowest BCUT2D eigenvalue weighted by Gasteiger charge is -2.28. The van der Waals surface area contributed by atoms with Gasteiger partial charge in [-0.15, -0.1) is 0 Å². The highest BCUT2D eigenvalue weighted by atomic mass is 16.5. The van der Waals surface area contributed by atoms with E-state index in [1.165, 1.54) is 19.2 Å². The van der Waals surface area contributed by atoms with Crippen LogP contribution in [0.15, 0.2) is 23.3 Å². The predicted molar refractivity (Wildman–Crippen MR) is 107 cm³/mol. The zero-order valence-corrected chi connectivity index (χ0v) is 16.5. The summed E-state index contributed by atoms with van der Waals surface area (Å²) in [5, 5.41) is 0.483. The number of hydrogen-bond donors (Lipinski definition) is 1. The minimum Gasteiger partial charge on any atom is -0.493 e. The van der Waals surface area contributed by atoms with E-state index < -0.39 is 0 Å². The van der Waals surface area contributed by atoms with Gasteiger partial charge in [0.1, 0.15) is 23.0 Å². The Labute approximate surface area is 165 Å². The number of benzene rings is 1. The van der Waals surface area contributed by atoms with Crippen molar-refractivity contribution in [1.29, 1.82) is 0 Å². The molecular weight excluding hydrogens is 358 g/mol. The number of nitrogens with zero attached hydrogens (tertiary/aromatic N) is 2. The average molecular weight is 387 g/mol. The molecule has 0 spiro atoms. The van der Waals surface area contributed by atoms with Gasteiger partial charge in [0.25, 0.3) is 5.56 Å². The lowest BCUT2D eigenvalue weighted by atomic mass is 9.94. The van der Waals surface area contributed by atoms with Gasteiger partial charge in [-0.3, -0.25) is 4.79 Å². The first kappa shape index (κ1) is 19.2. The summed E-state index contributed by atoms with van der Waals surface area (Å²) in [6, 6.07) is 3.67. The molecular formula is C21H29N3O4. The second-order valence-corrected chi connectivity index (χ2v) is 7.86. The Morgan fingerprint density at radius 2 is 2.00 bits per heavy atom. The Bertz CT molecular complexity index is 839. The van der Waals surface area contributed by atoms with Crippen LogP contribution < -0.4 is 15.0 Å². The summed E-state index contributed by atoms with van der Waals surface area (Å²) in [6.45, 7) is 4.36. The van der Waals surface area contributed by atoms with Gasteiger partial charge in [-0.1, -0.05) is 0 Å². The lowest BCUT2D eigenvalue weighted by molar-refractivity contribution is 0.0261. The molecule has 2 fully saturated rings. The molecule has 0 atom stereocenters. The molecule has 0 aliphatic carbocycles. The number of fused-ring (bicyclic) bond motifs is 1. The van der Waals surface area contributed by atoms with E-state index in [2.05, 4.69) is 21.9 Å². The number of aromatic amines is 1. The van der Waals surface area contributed by atoms with Crippen molar-refractivity contribution in [2.45, 2.75) is 38.2 Å². The quantitative estimate of drug-likeness (QED) is 0.821. The molecule has 1 N–H and O–H groups in total. The van der Waals surface area contributed by atoms with E-state index in [0.717, 1.165) is 38.3 Å². The van der Waals surface area contributed by atoms with Crippen molar-refractivity contribution in [1.82, 2.24) is 14.9 Å². The maximum absolute atomic E-state index is 12.4. The number of rotatable bonds is 6. The van der Waals surface area contributed by atoms with Crippen molar-refractivity contribution >= 4 is 10.9 Å². The van der Waals surface area contributed by atoms with Gasteiger partial charge in [-0.2, -0.15) is 0 Å². The largest absolute Gasteiger partial charge is 0.493 e. The molecule has 2 aromatic rings. The second kappa shape index (κ2) is 8.92.